The lowest BCUT2D eigenvalue weighted by atomic mass is 10.0. The lowest BCUT2D eigenvalue weighted by Gasteiger charge is -2.31. The molecule has 0 aromatic heterocycles. The standard InChI is InChI=1S/C21H34N4O2.HI/c1-22-21(24(2)15-17-9-12-27-16-17)23-14-20(25-10-4-5-11-25)18-7-6-8-19(13-18)26-3;/h6-8,13,17,20H,4-5,9-12,14-16H2,1-3H3,(H,22,23);1H. The van der Waals surface area contributed by atoms with Crippen LogP contribution in [-0.2, 0) is 4.74 Å². The van der Waals surface area contributed by atoms with Gasteiger partial charge in [0.2, 0.25) is 0 Å². The number of hydrogen-bond acceptors (Lipinski definition) is 4. The predicted molar refractivity (Wildman–Crippen MR) is 125 cm³/mol. The molecule has 2 aliphatic heterocycles. The van der Waals surface area contributed by atoms with E-state index < -0.39 is 0 Å². The molecule has 0 amide bonds. The van der Waals surface area contributed by atoms with E-state index in [0.29, 0.717) is 12.0 Å². The second-order valence-corrected chi connectivity index (χ2v) is 7.57. The zero-order valence-corrected chi connectivity index (χ0v) is 19.7. The van der Waals surface area contributed by atoms with Crippen LogP contribution in [-0.4, -0.2) is 76.4 Å². The molecular weight excluding hydrogens is 467 g/mol. The van der Waals surface area contributed by atoms with E-state index in [0.717, 1.165) is 57.5 Å². The zero-order chi connectivity index (χ0) is 19.1. The van der Waals surface area contributed by atoms with Gasteiger partial charge in [-0.3, -0.25) is 9.89 Å². The number of ether oxygens (including phenoxy) is 2. The highest BCUT2D eigenvalue weighted by Crippen LogP contribution is 2.27. The molecule has 2 aliphatic rings. The molecule has 1 aromatic carbocycles. The molecule has 0 spiro atoms. The number of nitrogens with zero attached hydrogens (tertiary/aromatic N) is 3. The summed E-state index contributed by atoms with van der Waals surface area (Å²) < 4.78 is 11.0. The van der Waals surface area contributed by atoms with Crippen molar-refractivity contribution in [3.8, 4) is 5.75 Å². The molecule has 0 radical (unpaired) electrons. The summed E-state index contributed by atoms with van der Waals surface area (Å²) in [4.78, 5) is 9.30. The van der Waals surface area contributed by atoms with Crippen LogP contribution < -0.4 is 10.1 Å². The summed E-state index contributed by atoms with van der Waals surface area (Å²) in [5, 5.41) is 3.61. The topological polar surface area (TPSA) is 49.3 Å². The van der Waals surface area contributed by atoms with Gasteiger partial charge in [-0.25, -0.2) is 0 Å². The summed E-state index contributed by atoms with van der Waals surface area (Å²) in [5.74, 6) is 2.47. The fourth-order valence-corrected chi connectivity index (χ4v) is 4.13. The first-order chi connectivity index (χ1) is 13.2. The van der Waals surface area contributed by atoms with Gasteiger partial charge >= 0.3 is 0 Å². The lowest BCUT2D eigenvalue weighted by molar-refractivity contribution is 0.181. The molecule has 2 fully saturated rings. The van der Waals surface area contributed by atoms with Gasteiger partial charge < -0.3 is 19.7 Å². The van der Waals surface area contributed by atoms with Gasteiger partial charge in [0, 0.05) is 39.7 Å². The Morgan fingerprint density at radius 1 is 1.39 bits per heavy atom. The summed E-state index contributed by atoms with van der Waals surface area (Å²) in [6.07, 6.45) is 3.69. The van der Waals surface area contributed by atoms with E-state index in [1.807, 2.05) is 13.1 Å². The fourth-order valence-electron chi connectivity index (χ4n) is 4.13. The van der Waals surface area contributed by atoms with Crippen molar-refractivity contribution in [1.82, 2.24) is 15.1 Å². The molecule has 3 rings (SSSR count). The van der Waals surface area contributed by atoms with Crippen molar-refractivity contribution in [1.29, 1.82) is 0 Å². The van der Waals surface area contributed by atoms with E-state index in [2.05, 4.69) is 45.4 Å². The van der Waals surface area contributed by atoms with Crippen LogP contribution in [0.3, 0.4) is 0 Å². The largest absolute Gasteiger partial charge is 0.497 e. The third kappa shape index (κ3) is 6.22. The smallest absolute Gasteiger partial charge is 0.193 e. The molecule has 0 saturated carbocycles. The van der Waals surface area contributed by atoms with Crippen LogP contribution in [0.2, 0.25) is 0 Å². The minimum atomic E-state index is 0. The predicted octanol–water partition coefficient (Wildman–Crippen LogP) is 2.99. The van der Waals surface area contributed by atoms with E-state index in [9.17, 15) is 0 Å². The second-order valence-electron chi connectivity index (χ2n) is 7.57. The normalized spacial score (nSPS) is 21.2. The molecule has 0 bridgehead atoms. The summed E-state index contributed by atoms with van der Waals surface area (Å²) in [6, 6.07) is 8.78. The number of guanidine groups is 1. The highest BCUT2D eigenvalue weighted by atomic mass is 127. The molecule has 1 aromatic rings. The molecule has 6 nitrogen and oxygen atoms in total. The number of nitrogens with one attached hydrogen (secondary N) is 1. The Morgan fingerprint density at radius 3 is 2.82 bits per heavy atom. The van der Waals surface area contributed by atoms with Crippen LogP contribution >= 0.6 is 24.0 Å². The number of halogens is 1. The fraction of sp³-hybridized carbons (Fsp3) is 0.667. The SMILES string of the molecule is CN=C(NCC(c1cccc(OC)c1)N1CCCC1)N(C)CC1CCOC1.I. The second kappa shape index (κ2) is 11.8. The van der Waals surface area contributed by atoms with Crippen molar-refractivity contribution >= 4 is 29.9 Å². The first kappa shape index (κ1) is 23.2. The number of hydrogen-bond donors (Lipinski definition) is 1. The Hall–Kier alpha value is -1.06. The van der Waals surface area contributed by atoms with Crippen LogP contribution in [0.5, 0.6) is 5.75 Å². The molecule has 2 atom stereocenters. The monoisotopic (exact) mass is 502 g/mol. The Balaban J connectivity index is 0.00000280. The van der Waals surface area contributed by atoms with E-state index in [4.69, 9.17) is 9.47 Å². The molecular formula is C21H35IN4O2. The van der Waals surface area contributed by atoms with Crippen LogP contribution in [0.25, 0.3) is 0 Å². The molecule has 2 heterocycles. The minimum absolute atomic E-state index is 0. The zero-order valence-electron chi connectivity index (χ0n) is 17.4. The van der Waals surface area contributed by atoms with Gasteiger partial charge in [-0.1, -0.05) is 12.1 Å². The quantitative estimate of drug-likeness (QED) is 0.353. The van der Waals surface area contributed by atoms with Crippen molar-refractivity contribution in [2.24, 2.45) is 10.9 Å². The number of rotatable bonds is 7. The Kier molecular flexibility index (Phi) is 9.81. The highest BCUT2D eigenvalue weighted by Gasteiger charge is 2.25. The van der Waals surface area contributed by atoms with Crippen molar-refractivity contribution < 1.29 is 9.47 Å². The first-order valence-corrected chi connectivity index (χ1v) is 10.1. The van der Waals surface area contributed by atoms with Gasteiger partial charge in [-0.05, 0) is 50.0 Å². The van der Waals surface area contributed by atoms with Gasteiger partial charge in [0.25, 0.3) is 0 Å². The van der Waals surface area contributed by atoms with Crippen LogP contribution in [0.1, 0.15) is 30.9 Å². The summed E-state index contributed by atoms with van der Waals surface area (Å²) in [7, 11) is 5.70. The Labute approximate surface area is 186 Å². The van der Waals surface area contributed by atoms with E-state index >= 15 is 0 Å². The van der Waals surface area contributed by atoms with Crippen molar-refractivity contribution in [2.75, 3.05) is 60.6 Å². The Morgan fingerprint density at radius 2 is 2.18 bits per heavy atom. The minimum Gasteiger partial charge on any atom is -0.497 e. The van der Waals surface area contributed by atoms with Crippen molar-refractivity contribution in [3.63, 3.8) is 0 Å². The molecule has 0 aliphatic carbocycles. The number of benzene rings is 1. The lowest BCUT2D eigenvalue weighted by Crippen LogP contribution is -2.45. The van der Waals surface area contributed by atoms with Gasteiger partial charge in [-0.2, -0.15) is 0 Å². The van der Waals surface area contributed by atoms with Gasteiger partial charge in [0.1, 0.15) is 5.75 Å². The van der Waals surface area contributed by atoms with E-state index in [1.54, 1.807) is 7.11 Å². The van der Waals surface area contributed by atoms with Gasteiger partial charge in [-0.15, -0.1) is 24.0 Å². The molecule has 28 heavy (non-hydrogen) atoms. The third-order valence-electron chi connectivity index (χ3n) is 5.64. The maximum Gasteiger partial charge on any atom is 0.193 e. The molecule has 2 saturated heterocycles. The molecule has 1 N–H and O–H groups in total. The van der Waals surface area contributed by atoms with Crippen LogP contribution in [0.4, 0.5) is 0 Å². The van der Waals surface area contributed by atoms with Crippen molar-refractivity contribution in [3.05, 3.63) is 29.8 Å². The summed E-state index contributed by atoms with van der Waals surface area (Å²) in [6.45, 7) is 5.87. The van der Waals surface area contributed by atoms with Gasteiger partial charge in [0.15, 0.2) is 5.96 Å². The van der Waals surface area contributed by atoms with Crippen LogP contribution in [0.15, 0.2) is 29.3 Å². The molecule has 2 unspecified atom stereocenters. The summed E-state index contributed by atoms with van der Waals surface area (Å²) >= 11 is 0. The first-order valence-electron chi connectivity index (χ1n) is 10.1. The maximum absolute atomic E-state index is 5.51. The van der Waals surface area contributed by atoms with Crippen LogP contribution in [0, 0.1) is 5.92 Å². The van der Waals surface area contributed by atoms with E-state index in [1.165, 1.54) is 18.4 Å². The average molecular weight is 502 g/mol. The van der Waals surface area contributed by atoms with Crippen molar-refractivity contribution in [2.45, 2.75) is 25.3 Å². The number of aliphatic imine (C=N–C) groups is 1. The average Bonchev–Trinajstić information content (AvgIpc) is 3.39. The van der Waals surface area contributed by atoms with Gasteiger partial charge in [0.05, 0.1) is 19.8 Å². The number of likely N-dealkylation sites (tertiary alicyclic amines) is 1. The molecule has 158 valence electrons. The Bertz CT molecular complexity index is 616. The highest BCUT2D eigenvalue weighted by molar-refractivity contribution is 14.0. The third-order valence-corrected chi connectivity index (χ3v) is 5.64. The molecule has 7 heteroatoms. The van der Waals surface area contributed by atoms with E-state index in [-0.39, 0.29) is 24.0 Å². The summed E-state index contributed by atoms with van der Waals surface area (Å²) in [5.41, 5.74) is 1.30. The maximum atomic E-state index is 5.51. The number of methoxy groups -OCH3 is 1.